The molecule has 1 aromatic carbocycles. The number of rotatable bonds is 2. The van der Waals surface area contributed by atoms with Crippen LogP contribution in [-0.2, 0) is 5.41 Å². The lowest BCUT2D eigenvalue weighted by molar-refractivity contribution is 0.412. The number of halogens is 2. The summed E-state index contributed by atoms with van der Waals surface area (Å²) in [5.41, 5.74) is 6.02. The zero-order chi connectivity index (χ0) is 15.8. The number of nitrogen functional groups attached to an aromatic ring is 1. The molecule has 0 aliphatic rings. The summed E-state index contributed by atoms with van der Waals surface area (Å²) >= 11 is 0. The average molecular weight is 293 g/mol. The molecule has 2 N–H and O–H groups in total. The summed E-state index contributed by atoms with van der Waals surface area (Å²) in [7, 11) is 0. The van der Waals surface area contributed by atoms with Crippen LogP contribution in [0.2, 0.25) is 0 Å². The summed E-state index contributed by atoms with van der Waals surface area (Å²) in [6, 6.07) is 3.07. The monoisotopic (exact) mass is 293 g/mol. The Kier molecular flexibility index (Phi) is 3.80. The van der Waals surface area contributed by atoms with E-state index in [1.54, 1.807) is 6.92 Å². The Morgan fingerprint density at radius 2 is 1.81 bits per heavy atom. The maximum Gasteiger partial charge on any atom is 0.227 e. The van der Waals surface area contributed by atoms with Gasteiger partial charge in [0.1, 0.15) is 17.5 Å². The van der Waals surface area contributed by atoms with E-state index < -0.39 is 11.6 Å². The molecule has 2 aromatic rings. The molecule has 0 saturated carbocycles. The van der Waals surface area contributed by atoms with E-state index in [4.69, 9.17) is 10.5 Å². The molecular weight excluding hydrogens is 276 g/mol. The average Bonchev–Trinajstić information content (AvgIpc) is 2.36. The molecule has 0 amide bonds. The van der Waals surface area contributed by atoms with Gasteiger partial charge in [-0.3, -0.25) is 0 Å². The van der Waals surface area contributed by atoms with Gasteiger partial charge in [-0.25, -0.2) is 13.8 Å². The maximum absolute atomic E-state index is 13.7. The van der Waals surface area contributed by atoms with Gasteiger partial charge in [-0.15, -0.1) is 0 Å². The summed E-state index contributed by atoms with van der Waals surface area (Å²) in [6.45, 7) is 7.47. The fourth-order valence-electron chi connectivity index (χ4n) is 1.61. The normalized spacial score (nSPS) is 11.5. The topological polar surface area (TPSA) is 61.0 Å². The Hall–Kier alpha value is -2.24. The smallest absolute Gasteiger partial charge is 0.227 e. The summed E-state index contributed by atoms with van der Waals surface area (Å²) in [4.78, 5) is 8.51. The molecule has 0 saturated heterocycles. The van der Waals surface area contributed by atoms with Gasteiger partial charge in [0.25, 0.3) is 0 Å². The number of nitrogens with zero attached hydrogens (tertiary/aromatic N) is 2. The van der Waals surface area contributed by atoms with Crippen LogP contribution in [0.1, 0.15) is 32.2 Å². The van der Waals surface area contributed by atoms with Crippen molar-refractivity contribution in [3.63, 3.8) is 0 Å². The standard InChI is InChI=1S/C15H17F2N3O/c1-8-12(18)19-14(15(2,3)4)20-13(8)21-11-6-5-9(16)7-10(11)17/h5-7H,1-4H3,(H2,18,19,20). The molecule has 1 aromatic heterocycles. The van der Waals surface area contributed by atoms with E-state index in [1.807, 2.05) is 20.8 Å². The maximum atomic E-state index is 13.7. The third-order valence-corrected chi connectivity index (χ3v) is 2.91. The van der Waals surface area contributed by atoms with Crippen molar-refractivity contribution in [1.29, 1.82) is 0 Å². The zero-order valence-electron chi connectivity index (χ0n) is 12.4. The van der Waals surface area contributed by atoms with E-state index in [0.717, 1.165) is 12.1 Å². The van der Waals surface area contributed by atoms with Gasteiger partial charge in [-0.05, 0) is 19.1 Å². The second kappa shape index (κ2) is 5.27. The molecular formula is C15H17F2N3O. The molecule has 112 valence electrons. The van der Waals surface area contributed by atoms with Crippen LogP contribution in [0.25, 0.3) is 0 Å². The van der Waals surface area contributed by atoms with Crippen LogP contribution in [0.15, 0.2) is 18.2 Å². The Labute approximate surface area is 122 Å². The predicted octanol–water partition coefficient (Wildman–Crippen LogP) is 3.74. The molecule has 6 heteroatoms. The van der Waals surface area contributed by atoms with Crippen molar-refractivity contribution in [1.82, 2.24) is 9.97 Å². The minimum atomic E-state index is -0.802. The van der Waals surface area contributed by atoms with Gasteiger partial charge in [-0.1, -0.05) is 20.8 Å². The first-order valence-electron chi connectivity index (χ1n) is 6.46. The molecule has 0 atom stereocenters. The SMILES string of the molecule is Cc1c(N)nc(C(C)(C)C)nc1Oc1ccc(F)cc1F. The number of hydrogen-bond donors (Lipinski definition) is 1. The van der Waals surface area contributed by atoms with Gasteiger partial charge in [0, 0.05) is 11.5 Å². The molecule has 4 nitrogen and oxygen atoms in total. The molecule has 0 fully saturated rings. The fraction of sp³-hybridized carbons (Fsp3) is 0.333. The lowest BCUT2D eigenvalue weighted by atomic mass is 9.95. The molecule has 0 spiro atoms. The van der Waals surface area contributed by atoms with Crippen molar-refractivity contribution in [3.05, 3.63) is 41.2 Å². The van der Waals surface area contributed by atoms with Crippen molar-refractivity contribution in [2.45, 2.75) is 33.1 Å². The first-order valence-corrected chi connectivity index (χ1v) is 6.46. The van der Waals surface area contributed by atoms with Crippen LogP contribution in [0.4, 0.5) is 14.6 Å². The van der Waals surface area contributed by atoms with Crippen LogP contribution in [0, 0.1) is 18.6 Å². The van der Waals surface area contributed by atoms with E-state index in [2.05, 4.69) is 9.97 Å². The van der Waals surface area contributed by atoms with Crippen molar-refractivity contribution in [2.75, 3.05) is 5.73 Å². The third-order valence-electron chi connectivity index (χ3n) is 2.91. The highest BCUT2D eigenvalue weighted by Crippen LogP contribution is 2.30. The Morgan fingerprint density at radius 3 is 2.38 bits per heavy atom. The molecule has 0 aliphatic heterocycles. The molecule has 0 bridgehead atoms. The van der Waals surface area contributed by atoms with Gasteiger partial charge >= 0.3 is 0 Å². The van der Waals surface area contributed by atoms with Gasteiger partial charge in [-0.2, -0.15) is 4.98 Å². The van der Waals surface area contributed by atoms with E-state index in [-0.39, 0.29) is 22.9 Å². The molecule has 0 unspecified atom stereocenters. The van der Waals surface area contributed by atoms with Crippen LogP contribution in [0.3, 0.4) is 0 Å². The molecule has 0 radical (unpaired) electrons. The second-order valence-corrected chi connectivity index (χ2v) is 5.79. The van der Waals surface area contributed by atoms with Crippen LogP contribution in [-0.4, -0.2) is 9.97 Å². The highest BCUT2D eigenvalue weighted by atomic mass is 19.1. The lowest BCUT2D eigenvalue weighted by Gasteiger charge is -2.19. The summed E-state index contributed by atoms with van der Waals surface area (Å²) in [6.07, 6.45) is 0. The summed E-state index contributed by atoms with van der Waals surface area (Å²) < 4.78 is 32.0. The fourth-order valence-corrected chi connectivity index (χ4v) is 1.61. The summed E-state index contributed by atoms with van der Waals surface area (Å²) in [5.74, 6) is -0.663. The second-order valence-electron chi connectivity index (χ2n) is 5.79. The predicted molar refractivity (Wildman–Crippen MR) is 76.3 cm³/mol. The number of ether oxygens (including phenoxy) is 1. The van der Waals surface area contributed by atoms with Gasteiger partial charge in [0.05, 0.1) is 5.56 Å². The van der Waals surface area contributed by atoms with E-state index >= 15 is 0 Å². The number of aromatic nitrogens is 2. The number of anilines is 1. The van der Waals surface area contributed by atoms with Crippen molar-refractivity contribution in [2.24, 2.45) is 0 Å². The van der Waals surface area contributed by atoms with Crippen LogP contribution in [0.5, 0.6) is 11.6 Å². The summed E-state index contributed by atoms with van der Waals surface area (Å²) in [5, 5.41) is 0. The highest BCUT2D eigenvalue weighted by Gasteiger charge is 2.21. The largest absolute Gasteiger partial charge is 0.435 e. The minimum absolute atomic E-state index is 0.113. The van der Waals surface area contributed by atoms with E-state index in [9.17, 15) is 8.78 Å². The Bertz CT molecular complexity index is 681. The van der Waals surface area contributed by atoms with E-state index in [0.29, 0.717) is 11.4 Å². The number of hydrogen-bond acceptors (Lipinski definition) is 4. The lowest BCUT2D eigenvalue weighted by Crippen LogP contribution is -2.18. The van der Waals surface area contributed by atoms with Crippen molar-refractivity contribution in [3.8, 4) is 11.6 Å². The van der Waals surface area contributed by atoms with Crippen LogP contribution >= 0.6 is 0 Å². The third kappa shape index (κ3) is 3.26. The van der Waals surface area contributed by atoms with Gasteiger partial charge < -0.3 is 10.5 Å². The van der Waals surface area contributed by atoms with Crippen molar-refractivity contribution < 1.29 is 13.5 Å². The molecule has 2 rings (SSSR count). The van der Waals surface area contributed by atoms with Crippen LogP contribution < -0.4 is 10.5 Å². The molecule has 0 aliphatic carbocycles. The highest BCUT2D eigenvalue weighted by molar-refractivity contribution is 5.46. The van der Waals surface area contributed by atoms with E-state index in [1.165, 1.54) is 6.07 Å². The minimum Gasteiger partial charge on any atom is -0.435 e. The Morgan fingerprint density at radius 1 is 1.14 bits per heavy atom. The van der Waals surface area contributed by atoms with Crippen molar-refractivity contribution >= 4 is 5.82 Å². The first-order chi connectivity index (χ1) is 9.68. The zero-order valence-corrected chi connectivity index (χ0v) is 12.4. The van der Waals surface area contributed by atoms with Gasteiger partial charge in [0.2, 0.25) is 5.88 Å². The first kappa shape index (κ1) is 15.2. The Balaban J connectivity index is 2.46. The molecule has 21 heavy (non-hydrogen) atoms. The number of benzene rings is 1. The molecule has 1 heterocycles. The van der Waals surface area contributed by atoms with Gasteiger partial charge in [0.15, 0.2) is 11.6 Å². The number of nitrogens with two attached hydrogens (primary N) is 1. The quantitative estimate of drug-likeness (QED) is 0.916.